The Labute approximate surface area is 79.8 Å². The van der Waals surface area contributed by atoms with Crippen LogP contribution in [0.2, 0.25) is 0 Å². The molecular weight excluding hydrogens is 193 g/mol. The Hall–Kier alpha value is -1.45. The van der Waals surface area contributed by atoms with E-state index in [9.17, 15) is 13.2 Å². The first-order chi connectivity index (χ1) is 6.45. The fraction of sp³-hybridized carbons (Fsp3) is 0.200. The predicted octanol–water partition coefficient (Wildman–Crippen LogP) is 3.32. The van der Waals surface area contributed by atoms with Gasteiger partial charge in [0.2, 0.25) is 0 Å². The molecule has 0 radical (unpaired) electrons. The van der Waals surface area contributed by atoms with Crippen LogP contribution in [-0.4, -0.2) is 7.11 Å². The minimum Gasteiger partial charge on any atom is -0.497 e. The van der Waals surface area contributed by atoms with E-state index in [1.54, 1.807) is 0 Å². The van der Waals surface area contributed by atoms with Gasteiger partial charge in [-0.25, -0.2) is 0 Å². The second-order valence-electron chi connectivity index (χ2n) is 2.71. The molecule has 0 bridgehead atoms. The normalized spacial score (nSPS) is 11.1. The standard InChI is InChI=1S/C10H9F3O/c1-7(14-2)8-4-3-5-9(6-8)10(11,12)13/h3-6H,1H2,2H3. The lowest BCUT2D eigenvalue weighted by molar-refractivity contribution is -0.137. The first kappa shape index (κ1) is 10.6. The average Bonchev–Trinajstić information content (AvgIpc) is 2.15. The van der Waals surface area contributed by atoms with Gasteiger partial charge in [-0.2, -0.15) is 13.2 Å². The zero-order chi connectivity index (χ0) is 10.8. The van der Waals surface area contributed by atoms with E-state index in [4.69, 9.17) is 4.74 Å². The molecule has 0 atom stereocenters. The SMILES string of the molecule is C=C(OC)c1cccc(C(F)(F)F)c1. The number of hydrogen-bond donors (Lipinski definition) is 0. The predicted molar refractivity (Wildman–Crippen MR) is 47.5 cm³/mol. The van der Waals surface area contributed by atoms with Gasteiger partial charge in [-0.05, 0) is 12.1 Å². The van der Waals surface area contributed by atoms with Gasteiger partial charge in [0, 0.05) is 5.56 Å². The molecule has 0 aliphatic heterocycles. The van der Waals surface area contributed by atoms with Crippen LogP contribution in [0.15, 0.2) is 30.8 Å². The maximum absolute atomic E-state index is 12.3. The van der Waals surface area contributed by atoms with Crippen LogP contribution >= 0.6 is 0 Å². The number of alkyl halides is 3. The molecule has 0 amide bonds. The van der Waals surface area contributed by atoms with Crippen LogP contribution in [0, 0.1) is 0 Å². The van der Waals surface area contributed by atoms with E-state index in [0.29, 0.717) is 5.56 Å². The minimum atomic E-state index is -4.33. The summed E-state index contributed by atoms with van der Waals surface area (Å²) in [7, 11) is 1.36. The van der Waals surface area contributed by atoms with E-state index in [1.165, 1.54) is 19.2 Å². The van der Waals surface area contributed by atoms with Crippen molar-refractivity contribution in [3.8, 4) is 0 Å². The van der Waals surface area contributed by atoms with Crippen LogP contribution in [-0.2, 0) is 10.9 Å². The Balaban J connectivity index is 3.08. The van der Waals surface area contributed by atoms with E-state index in [0.717, 1.165) is 12.1 Å². The van der Waals surface area contributed by atoms with Crippen molar-refractivity contribution in [1.29, 1.82) is 0 Å². The van der Waals surface area contributed by atoms with Crippen LogP contribution < -0.4 is 0 Å². The Morgan fingerprint density at radius 1 is 1.36 bits per heavy atom. The maximum Gasteiger partial charge on any atom is 0.416 e. The summed E-state index contributed by atoms with van der Waals surface area (Å²) in [6, 6.07) is 4.85. The molecule has 0 aliphatic carbocycles. The molecule has 1 rings (SSSR count). The molecular formula is C10H9F3O. The van der Waals surface area contributed by atoms with Crippen molar-refractivity contribution in [1.82, 2.24) is 0 Å². The Bertz CT molecular complexity index is 341. The summed E-state index contributed by atoms with van der Waals surface area (Å²) in [6.07, 6.45) is -4.33. The molecule has 76 valence electrons. The highest BCUT2D eigenvalue weighted by atomic mass is 19.4. The zero-order valence-corrected chi connectivity index (χ0v) is 7.56. The maximum atomic E-state index is 12.3. The van der Waals surface area contributed by atoms with Gasteiger partial charge in [0.1, 0.15) is 5.76 Å². The number of ether oxygens (including phenoxy) is 1. The number of halogens is 3. The zero-order valence-electron chi connectivity index (χ0n) is 7.56. The second kappa shape index (κ2) is 3.74. The molecule has 0 saturated heterocycles. The molecule has 0 aliphatic rings. The van der Waals surface area contributed by atoms with Crippen molar-refractivity contribution in [2.75, 3.05) is 7.11 Å². The summed E-state index contributed by atoms with van der Waals surface area (Å²) >= 11 is 0. The Morgan fingerprint density at radius 2 is 2.00 bits per heavy atom. The Kier molecular flexibility index (Phi) is 2.84. The summed E-state index contributed by atoms with van der Waals surface area (Å²) in [4.78, 5) is 0. The molecule has 0 spiro atoms. The average molecular weight is 202 g/mol. The van der Waals surface area contributed by atoms with Crippen molar-refractivity contribution in [3.05, 3.63) is 42.0 Å². The molecule has 0 fully saturated rings. The summed E-state index contributed by atoms with van der Waals surface area (Å²) in [5, 5.41) is 0. The first-order valence-electron chi connectivity index (χ1n) is 3.85. The van der Waals surface area contributed by atoms with Crippen LogP contribution in [0.1, 0.15) is 11.1 Å². The highest BCUT2D eigenvalue weighted by molar-refractivity contribution is 5.58. The van der Waals surface area contributed by atoms with Gasteiger partial charge in [-0.3, -0.25) is 0 Å². The fourth-order valence-corrected chi connectivity index (χ4v) is 0.987. The summed E-state index contributed by atoms with van der Waals surface area (Å²) < 4.78 is 41.5. The van der Waals surface area contributed by atoms with Crippen LogP contribution in [0.25, 0.3) is 5.76 Å². The summed E-state index contributed by atoms with van der Waals surface area (Å²) in [5.41, 5.74) is -0.365. The molecule has 4 heteroatoms. The van der Waals surface area contributed by atoms with E-state index in [1.807, 2.05) is 0 Å². The third-order valence-electron chi connectivity index (χ3n) is 1.76. The molecule has 1 nitrogen and oxygen atoms in total. The van der Waals surface area contributed by atoms with E-state index >= 15 is 0 Å². The van der Waals surface area contributed by atoms with Gasteiger partial charge >= 0.3 is 6.18 Å². The summed E-state index contributed by atoms with van der Waals surface area (Å²) in [5.74, 6) is 0.219. The number of hydrogen-bond acceptors (Lipinski definition) is 1. The molecule has 14 heavy (non-hydrogen) atoms. The number of rotatable bonds is 2. The van der Waals surface area contributed by atoms with Gasteiger partial charge in [-0.15, -0.1) is 0 Å². The van der Waals surface area contributed by atoms with Gasteiger partial charge in [0.05, 0.1) is 12.7 Å². The molecule has 1 aromatic rings. The molecule has 0 saturated carbocycles. The first-order valence-corrected chi connectivity index (χ1v) is 3.85. The van der Waals surface area contributed by atoms with Crippen LogP contribution in [0.4, 0.5) is 13.2 Å². The molecule has 0 N–H and O–H groups in total. The Morgan fingerprint density at radius 3 is 2.50 bits per heavy atom. The second-order valence-corrected chi connectivity index (χ2v) is 2.71. The number of methoxy groups -OCH3 is 1. The highest BCUT2D eigenvalue weighted by Crippen LogP contribution is 2.30. The topological polar surface area (TPSA) is 9.23 Å². The van der Waals surface area contributed by atoms with Crippen molar-refractivity contribution in [2.24, 2.45) is 0 Å². The van der Waals surface area contributed by atoms with Crippen molar-refractivity contribution >= 4 is 5.76 Å². The lowest BCUT2D eigenvalue weighted by Crippen LogP contribution is -2.05. The van der Waals surface area contributed by atoms with Crippen molar-refractivity contribution in [3.63, 3.8) is 0 Å². The minimum absolute atomic E-state index is 0.219. The van der Waals surface area contributed by atoms with Gasteiger partial charge < -0.3 is 4.74 Å². The smallest absolute Gasteiger partial charge is 0.416 e. The van der Waals surface area contributed by atoms with Crippen molar-refractivity contribution < 1.29 is 17.9 Å². The summed E-state index contributed by atoms with van der Waals surface area (Å²) in [6.45, 7) is 3.48. The molecule has 1 aromatic carbocycles. The van der Waals surface area contributed by atoms with Gasteiger partial charge in [0.15, 0.2) is 0 Å². The van der Waals surface area contributed by atoms with E-state index < -0.39 is 11.7 Å². The van der Waals surface area contributed by atoms with E-state index in [-0.39, 0.29) is 5.76 Å². The third-order valence-corrected chi connectivity index (χ3v) is 1.76. The molecule has 0 aromatic heterocycles. The van der Waals surface area contributed by atoms with Crippen LogP contribution in [0.3, 0.4) is 0 Å². The fourth-order valence-electron chi connectivity index (χ4n) is 0.987. The molecule has 0 heterocycles. The van der Waals surface area contributed by atoms with Gasteiger partial charge in [-0.1, -0.05) is 18.7 Å². The third kappa shape index (κ3) is 2.28. The van der Waals surface area contributed by atoms with Crippen molar-refractivity contribution in [2.45, 2.75) is 6.18 Å². The largest absolute Gasteiger partial charge is 0.497 e. The van der Waals surface area contributed by atoms with Gasteiger partial charge in [0.25, 0.3) is 0 Å². The lowest BCUT2D eigenvalue weighted by Gasteiger charge is -2.09. The monoisotopic (exact) mass is 202 g/mol. The quantitative estimate of drug-likeness (QED) is 0.668. The van der Waals surface area contributed by atoms with E-state index in [2.05, 4.69) is 6.58 Å². The lowest BCUT2D eigenvalue weighted by atomic mass is 10.1. The number of benzene rings is 1. The van der Waals surface area contributed by atoms with Crippen LogP contribution in [0.5, 0.6) is 0 Å². The molecule has 0 unspecified atom stereocenters. The highest BCUT2D eigenvalue weighted by Gasteiger charge is 2.30.